The van der Waals surface area contributed by atoms with Crippen LogP contribution in [0.1, 0.15) is 24.0 Å². The van der Waals surface area contributed by atoms with E-state index < -0.39 is 0 Å². The zero-order valence-corrected chi connectivity index (χ0v) is 21.1. The van der Waals surface area contributed by atoms with Gasteiger partial charge in [-0.05, 0) is 54.4 Å². The molecule has 33 heavy (non-hydrogen) atoms. The Kier molecular flexibility index (Phi) is 9.77. The van der Waals surface area contributed by atoms with Crippen molar-refractivity contribution in [3.63, 3.8) is 0 Å². The molecule has 8 heteroatoms. The summed E-state index contributed by atoms with van der Waals surface area (Å²) in [5.41, 5.74) is 2.68. The van der Waals surface area contributed by atoms with Gasteiger partial charge >= 0.3 is 6.03 Å². The quantitative estimate of drug-likeness (QED) is 0.259. The van der Waals surface area contributed by atoms with Crippen LogP contribution < -0.4 is 20.7 Å². The van der Waals surface area contributed by atoms with Gasteiger partial charge in [-0.2, -0.15) is 0 Å². The fourth-order valence-corrected chi connectivity index (χ4v) is 3.68. The van der Waals surface area contributed by atoms with Crippen molar-refractivity contribution in [2.45, 2.75) is 26.0 Å². The normalized spacial score (nSPS) is 10.4. The van der Waals surface area contributed by atoms with E-state index in [-0.39, 0.29) is 11.9 Å². The van der Waals surface area contributed by atoms with Gasteiger partial charge in [-0.15, -0.1) is 0 Å². The maximum Gasteiger partial charge on any atom is 0.315 e. The van der Waals surface area contributed by atoms with Crippen LogP contribution >= 0.6 is 31.9 Å². The van der Waals surface area contributed by atoms with E-state index in [0.717, 1.165) is 25.8 Å². The van der Waals surface area contributed by atoms with E-state index in [2.05, 4.69) is 47.8 Å². The van der Waals surface area contributed by atoms with E-state index in [4.69, 9.17) is 4.74 Å². The Morgan fingerprint density at radius 3 is 2.33 bits per heavy atom. The number of hydrogen-bond acceptors (Lipinski definition) is 3. The zero-order valence-electron chi connectivity index (χ0n) is 17.9. The van der Waals surface area contributed by atoms with Crippen LogP contribution in [0.4, 0.5) is 10.5 Å². The van der Waals surface area contributed by atoms with E-state index in [0.29, 0.717) is 38.3 Å². The van der Waals surface area contributed by atoms with E-state index in [1.165, 1.54) is 0 Å². The van der Waals surface area contributed by atoms with Gasteiger partial charge in [0.15, 0.2) is 0 Å². The lowest BCUT2D eigenvalue weighted by atomic mass is 10.2. The van der Waals surface area contributed by atoms with Crippen LogP contribution in [0.5, 0.6) is 5.75 Å². The van der Waals surface area contributed by atoms with Gasteiger partial charge in [0, 0.05) is 39.7 Å². The number of carbonyl (C=O) groups is 2. The third kappa shape index (κ3) is 8.90. The Balaban J connectivity index is 1.38. The first-order valence-corrected chi connectivity index (χ1v) is 12.1. The molecule has 0 atom stereocenters. The van der Waals surface area contributed by atoms with Gasteiger partial charge in [-0.3, -0.25) is 4.79 Å². The number of rotatable bonds is 10. The van der Waals surface area contributed by atoms with Crippen LogP contribution in [-0.2, 0) is 17.9 Å². The molecule has 0 aliphatic heterocycles. The number of ether oxygens (including phenoxy) is 1. The highest BCUT2D eigenvalue weighted by molar-refractivity contribution is 9.10. The molecule has 3 amide bonds. The number of carbonyl (C=O) groups excluding carboxylic acids is 2. The van der Waals surface area contributed by atoms with Gasteiger partial charge in [-0.1, -0.05) is 62.2 Å². The van der Waals surface area contributed by atoms with Crippen molar-refractivity contribution in [2.24, 2.45) is 0 Å². The lowest BCUT2D eigenvalue weighted by Crippen LogP contribution is -2.35. The lowest BCUT2D eigenvalue weighted by Gasteiger charge is -2.13. The molecule has 0 saturated carbocycles. The highest BCUT2D eigenvalue weighted by atomic mass is 79.9. The van der Waals surface area contributed by atoms with Gasteiger partial charge < -0.3 is 20.7 Å². The van der Waals surface area contributed by atoms with E-state index in [9.17, 15) is 9.59 Å². The predicted molar refractivity (Wildman–Crippen MR) is 137 cm³/mol. The second kappa shape index (κ2) is 13.0. The van der Waals surface area contributed by atoms with Crippen molar-refractivity contribution in [2.75, 3.05) is 11.9 Å². The molecule has 0 bridgehead atoms. The van der Waals surface area contributed by atoms with Crippen molar-refractivity contribution >= 4 is 49.5 Å². The molecule has 0 heterocycles. The first-order valence-electron chi connectivity index (χ1n) is 10.5. The van der Waals surface area contributed by atoms with Gasteiger partial charge in [-0.25, -0.2) is 4.79 Å². The Morgan fingerprint density at radius 2 is 1.58 bits per heavy atom. The van der Waals surface area contributed by atoms with Gasteiger partial charge in [0.25, 0.3) is 0 Å². The molecule has 6 nitrogen and oxygen atoms in total. The summed E-state index contributed by atoms with van der Waals surface area (Å²) in [6.45, 7) is 1.17. The first kappa shape index (κ1) is 24.8. The van der Waals surface area contributed by atoms with Crippen LogP contribution in [-0.4, -0.2) is 18.5 Å². The fraction of sp³-hybridized carbons (Fsp3) is 0.200. The molecule has 3 rings (SSSR count). The highest BCUT2D eigenvalue weighted by Crippen LogP contribution is 2.24. The third-order valence-electron chi connectivity index (χ3n) is 4.69. The van der Waals surface area contributed by atoms with E-state index in [1.54, 1.807) is 0 Å². The summed E-state index contributed by atoms with van der Waals surface area (Å²) < 4.78 is 7.81. The summed E-state index contributed by atoms with van der Waals surface area (Å²) in [4.78, 5) is 24.2. The molecule has 3 aromatic carbocycles. The third-order valence-corrected chi connectivity index (χ3v) is 5.72. The number of halogens is 2. The number of hydrogen-bond donors (Lipinski definition) is 3. The smallest absolute Gasteiger partial charge is 0.315 e. The molecule has 172 valence electrons. The minimum absolute atomic E-state index is 0.0890. The maximum absolute atomic E-state index is 12.2. The molecule has 0 aliphatic rings. The standard InChI is InChI=1S/C25H25Br2N3O3/c26-20-8-11-22(12-9-20)30-24(31)7-4-14-28-25(32)29-16-19-15-21(27)10-13-23(19)33-17-18-5-2-1-3-6-18/h1-3,5-6,8-13,15H,4,7,14,16-17H2,(H,30,31)(H2,28,29,32). The fourth-order valence-electron chi connectivity index (χ4n) is 3.01. The summed E-state index contributed by atoms with van der Waals surface area (Å²) in [5.74, 6) is 0.626. The molecule has 0 radical (unpaired) electrons. The molecule has 0 aromatic heterocycles. The largest absolute Gasteiger partial charge is 0.489 e. The molecule has 0 spiro atoms. The van der Waals surface area contributed by atoms with Crippen LogP contribution in [0.3, 0.4) is 0 Å². The predicted octanol–water partition coefficient (Wildman–Crippen LogP) is 6.01. The molecule has 3 N–H and O–H groups in total. The number of nitrogens with one attached hydrogen (secondary N) is 3. The number of anilines is 1. The second-order valence-electron chi connectivity index (χ2n) is 7.29. The topological polar surface area (TPSA) is 79.5 Å². The molecule has 3 aromatic rings. The van der Waals surface area contributed by atoms with Crippen molar-refractivity contribution in [1.82, 2.24) is 10.6 Å². The molecule has 0 fully saturated rings. The monoisotopic (exact) mass is 573 g/mol. The summed E-state index contributed by atoms with van der Waals surface area (Å²) in [7, 11) is 0. The Hall–Kier alpha value is -2.84. The van der Waals surface area contributed by atoms with Crippen molar-refractivity contribution in [3.8, 4) is 5.75 Å². The zero-order chi connectivity index (χ0) is 23.5. The van der Waals surface area contributed by atoms with Crippen LogP contribution in [0.25, 0.3) is 0 Å². The van der Waals surface area contributed by atoms with E-state index >= 15 is 0 Å². The minimum Gasteiger partial charge on any atom is -0.489 e. The highest BCUT2D eigenvalue weighted by Gasteiger charge is 2.08. The summed E-state index contributed by atoms with van der Waals surface area (Å²) in [6, 6.07) is 22.7. The number of urea groups is 1. The Morgan fingerprint density at radius 1 is 0.848 bits per heavy atom. The Labute approximate surface area is 210 Å². The summed E-state index contributed by atoms with van der Waals surface area (Å²) >= 11 is 6.83. The van der Waals surface area contributed by atoms with E-state index in [1.807, 2.05) is 72.8 Å². The van der Waals surface area contributed by atoms with Crippen molar-refractivity contribution < 1.29 is 14.3 Å². The van der Waals surface area contributed by atoms with Crippen molar-refractivity contribution in [1.29, 1.82) is 0 Å². The molecule has 0 aliphatic carbocycles. The molecular weight excluding hydrogens is 550 g/mol. The van der Waals surface area contributed by atoms with Gasteiger partial charge in [0.2, 0.25) is 5.91 Å². The summed E-state index contributed by atoms with van der Waals surface area (Å²) in [5, 5.41) is 8.46. The molecule has 0 saturated heterocycles. The maximum atomic E-state index is 12.2. The lowest BCUT2D eigenvalue weighted by molar-refractivity contribution is -0.116. The number of amides is 3. The molecular formula is C25H25Br2N3O3. The van der Waals surface area contributed by atoms with Crippen LogP contribution in [0, 0.1) is 0 Å². The van der Waals surface area contributed by atoms with Gasteiger partial charge in [0.1, 0.15) is 12.4 Å². The average molecular weight is 575 g/mol. The average Bonchev–Trinajstić information content (AvgIpc) is 2.82. The van der Waals surface area contributed by atoms with Crippen molar-refractivity contribution in [3.05, 3.63) is 92.9 Å². The molecule has 0 unspecified atom stereocenters. The minimum atomic E-state index is -0.294. The SMILES string of the molecule is O=C(CCCNC(=O)NCc1cc(Br)ccc1OCc1ccccc1)Nc1ccc(Br)cc1. The Bertz CT molecular complexity index is 1060. The second-order valence-corrected chi connectivity index (χ2v) is 9.13. The number of benzene rings is 3. The first-order chi connectivity index (χ1) is 16.0. The van der Waals surface area contributed by atoms with Crippen LogP contribution in [0.2, 0.25) is 0 Å². The summed E-state index contributed by atoms with van der Waals surface area (Å²) in [6.07, 6.45) is 0.859. The van der Waals surface area contributed by atoms with Gasteiger partial charge in [0.05, 0.1) is 0 Å². The van der Waals surface area contributed by atoms with Crippen LogP contribution in [0.15, 0.2) is 81.7 Å².